The second-order valence-corrected chi connectivity index (χ2v) is 10.7. The van der Waals surface area contributed by atoms with Gasteiger partial charge in [0.15, 0.2) is 18.4 Å². The first kappa shape index (κ1) is 28.3. The normalized spacial score (nSPS) is 19.6. The molecule has 0 radical (unpaired) electrons. The van der Waals surface area contributed by atoms with E-state index in [0.29, 0.717) is 27.7 Å². The Morgan fingerprint density at radius 2 is 1.26 bits per heavy atom. The molecule has 1 saturated heterocycles. The van der Waals surface area contributed by atoms with Crippen LogP contribution in [0.3, 0.4) is 0 Å². The number of hydrogen-bond donors (Lipinski definition) is 0. The van der Waals surface area contributed by atoms with Crippen LogP contribution in [0.5, 0.6) is 0 Å². The first-order valence-corrected chi connectivity index (χ1v) is 14.3. The fraction of sp³-hybridized carbons (Fsp3) is 0.152. The van der Waals surface area contributed by atoms with Crippen LogP contribution in [0.1, 0.15) is 37.3 Å². The molecule has 0 spiro atoms. The molecule has 1 aromatic heterocycles. The number of carbonyl (C=O) groups is 3. The van der Waals surface area contributed by atoms with Crippen molar-refractivity contribution in [3.05, 3.63) is 137 Å². The minimum absolute atomic E-state index is 0.269. The van der Waals surface area contributed by atoms with Crippen molar-refractivity contribution >= 4 is 44.9 Å². The van der Waals surface area contributed by atoms with Crippen molar-refractivity contribution in [2.45, 2.75) is 24.5 Å². The fourth-order valence-electron chi connectivity index (χ4n) is 4.89. The average Bonchev–Trinajstić information content (AvgIpc) is 3.61. The highest BCUT2D eigenvalue weighted by molar-refractivity contribution is 9.10. The predicted molar refractivity (Wildman–Crippen MR) is 159 cm³/mol. The second kappa shape index (κ2) is 12.6. The maximum absolute atomic E-state index is 13.3. The molecule has 5 aromatic rings. The van der Waals surface area contributed by atoms with E-state index >= 15 is 0 Å². The highest BCUT2D eigenvalue weighted by atomic mass is 79.9. The molecular weight excluding hydrogens is 616 g/mol. The van der Waals surface area contributed by atoms with Gasteiger partial charge < -0.3 is 23.5 Å². The Morgan fingerprint density at radius 3 is 1.84 bits per heavy atom. The van der Waals surface area contributed by atoms with Gasteiger partial charge in [-0.3, -0.25) is 0 Å². The molecule has 0 unspecified atom stereocenters. The molecule has 0 aliphatic carbocycles. The maximum atomic E-state index is 13.3. The van der Waals surface area contributed by atoms with Crippen LogP contribution in [0.25, 0.3) is 11.0 Å². The molecule has 0 bridgehead atoms. The molecule has 0 amide bonds. The molecule has 4 atom stereocenters. The number of esters is 3. The summed E-state index contributed by atoms with van der Waals surface area (Å²) in [5.41, 5.74) is 2.34. The summed E-state index contributed by atoms with van der Waals surface area (Å²) in [6.07, 6.45) is -2.64. The van der Waals surface area contributed by atoms with Gasteiger partial charge in [0.2, 0.25) is 0 Å². The van der Waals surface area contributed by atoms with Crippen LogP contribution < -0.4 is 0 Å². The summed E-state index contributed by atoms with van der Waals surface area (Å²) < 4.78 is 26.6. The van der Waals surface area contributed by atoms with Gasteiger partial charge in [-0.2, -0.15) is 0 Å². The van der Waals surface area contributed by atoms with Crippen LogP contribution >= 0.6 is 15.9 Å². The van der Waals surface area contributed by atoms with E-state index in [0.717, 1.165) is 4.47 Å². The van der Waals surface area contributed by atoms with E-state index in [1.54, 1.807) is 102 Å². The van der Waals surface area contributed by atoms with Crippen molar-refractivity contribution in [2.75, 3.05) is 6.61 Å². The molecule has 6 rings (SSSR count). The predicted octanol–water partition coefficient (Wildman–Crippen LogP) is 6.00. The zero-order valence-electron chi connectivity index (χ0n) is 22.6. The van der Waals surface area contributed by atoms with Gasteiger partial charge >= 0.3 is 17.9 Å². The molecule has 1 fully saturated rings. The third kappa shape index (κ3) is 6.20. The van der Waals surface area contributed by atoms with Gasteiger partial charge in [-0.25, -0.2) is 19.4 Å². The summed E-state index contributed by atoms with van der Waals surface area (Å²) in [7, 11) is 0. The second-order valence-electron chi connectivity index (χ2n) is 9.79. The number of benzene rings is 4. The minimum atomic E-state index is -1.14. The molecule has 1 aliphatic rings. The summed E-state index contributed by atoms with van der Waals surface area (Å²) in [5.74, 6) is -1.85. The Morgan fingerprint density at radius 1 is 0.721 bits per heavy atom. The molecule has 10 heteroatoms. The van der Waals surface area contributed by atoms with Gasteiger partial charge in [-0.05, 0) is 54.6 Å². The Kier molecular flexibility index (Phi) is 8.30. The Bertz CT molecular complexity index is 1740. The van der Waals surface area contributed by atoms with Crippen molar-refractivity contribution in [3.63, 3.8) is 0 Å². The van der Waals surface area contributed by atoms with Crippen LogP contribution in [0.15, 0.2) is 120 Å². The number of rotatable bonds is 8. The molecule has 0 saturated carbocycles. The minimum Gasteiger partial charge on any atom is -0.459 e. The highest BCUT2D eigenvalue weighted by Crippen LogP contribution is 2.37. The Hall–Kier alpha value is -4.80. The topological polar surface area (TPSA) is 106 Å². The molecule has 216 valence electrons. The van der Waals surface area contributed by atoms with E-state index in [-0.39, 0.29) is 6.61 Å². The molecule has 0 N–H and O–H groups in total. The number of carbonyl (C=O) groups excluding carboxylic acids is 3. The number of imidazole rings is 1. The molecule has 4 aromatic carbocycles. The van der Waals surface area contributed by atoms with E-state index in [9.17, 15) is 14.4 Å². The number of ether oxygens (including phenoxy) is 4. The summed E-state index contributed by atoms with van der Waals surface area (Å²) in [4.78, 5) is 44.0. The highest BCUT2D eigenvalue weighted by Gasteiger charge is 2.51. The zero-order chi connectivity index (χ0) is 29.8. The largest absolute Gasteiger partial charge is 0.459 e. The van der Waals surface area contributed by atoms with Crippen LogP contribution in [0.4, 0.5) is 0 Å². The molecule has 2 heterocycles. The van der Waals surface area contributed by atoms with Crippen LogP contribution in [0.2, 0.25) is 0 Å². The summed E-state index contributed by atoms with van der Waals surface area (Å²) in [6, 6.07) is 31.0. The van der Waals surface area contributed by atoms with Crippen LogP contribution in [-0.4, -0.2) is 52.4 Å². The van der Waals surface area contributed by atoms with Gasteiger partial charge in [0, 0.05) is 4.47 Å². The van der Waals surface area contributed by atoms with E-state index in [2.05, 4.69) is 20.9 Å². The molecule has 9 nitrogen and oxygen atoms in total. The fourth-order valence-corrected chi connectivity index (χ4v) is 5.24. The number of nitrogens with zero attached hydrogens (tertiary/aromatic N) is 2. The van der Waals surface area contributed by atoms with Crippen molar-refractivity contribution in [3.8, 4) is 0 Å². The first-order valence-electron chi connectivity index (χ1n) is 13.5. The van der Waals surface area contributed by atoms with Crippen molar-refractivity contribution in [1.82, 2.24) is 9.55 Å². The van der Waals surface area contributed by atoms with E-state index in [4.69, 9.17) is 18.9 Å². The van der Waals surface area contributed by atoms with Crippen LogP contribution in [0, 0.1) is 0 Å². The molecule has 43 heavy (non-hydrogen) atoms. The summed E-state index contributed by atoms with van der Waals surface area (Å²) in [6.45, 7) is -0.269. The Balaban J connectivity index is 1.36. The van der Waals surface area contributed by atoms with Gasteiger partial charge in [0.05, 0.1) is 34.1 Å². The van der Waals surface area contributed by atoms with Crippen molar-refractivity contribution in [2.24, 2.45) is 0 Å². The lowest BCUT2D eigenvalue weighted by atomic mass is 10.1. The van der Waals surface area contributed by atoms with Crippen molar-refractivity contribution in [1.29, 1.82) is 0 Å². The lowest BCUT2D eigenvalue weighted by Gasteiger charge is -2.25. The Labute approximate surface area is 255 Å². The van der Waals surface area contributed by atoms with Crippen LogP contribution in [-0.2, 0) is 18.9 Å². The standard InChI is InChI=1S/C33H25BrN2O7/c34-24-16-17-26-25(18-24)35-20-36(26)30-29(43-33(39)23-14-8-3-9-15-23)28(42-32(38)22-12-6-2-7-13-22)27(41-30)19-40-31(37)21-10-4-1-5-11-21/h1-18,20,27-30H,19H2/t27-,28-,29-,30-/m1/s1. The monoisotopic (exact) mass is 640 g/mol. The SMILES string of the molecule is O=C(OC[C@H]1O[C@@H](n2cnc3cc(Br)ccc32)[C@H](OC(=O)c2ccccc2)[C@@H]1OC(=O)c1ccccc1)c1ccccc1. The number of halogens is 1. The number of fused-ring (bicyclic) bond motifs is 1. The van der Waals surface area contributed by atoms with Gasteiger partial charge in [-0.1, -0.05) is 70.5 Å². The third-order valence-corrected chi connectivity index (χ3v) is 7.48. The third-order valence-electron chi connectivity index (χ3n) is 6.99. The lowest BCUT2D eigenvalue weighted by molar-refractivity contribution is -0.0604. The first-order chi connectivity index (χ1) is 21.0. The van der Waals surface area contributed by atoms with Gasteiger partial charge in [0.25, 0.3) is 0 Å². The van der Waals surface area contributed by atoms with E-state index in [1.165, 1.54) is 0 Å². The average molecular weight is 641 g/mol. The lowest BCUT2D eigenvalue weighted by Crippen LogP contribution is -2.41. The van der Waals surface area contributed by atoms with Crippen molar-refractivity contribution < 1.29 is 33.3 Å². The zero-order valence-corrected chi connectivity index (χ0v) is 24.2. The van der Waals surface area contributed by atoms with Gasteiger partial charge in [0.1, 0.15) is 12.7 Å². The number of aromatic nitrogens is 2. The maximum Gasteiger partial charge on any atom is 0.338 e. The molecular formula is C33H25BrN2O7. The molecule has 1 aliphatic heterocycles. The smallest absolute Gasteiger partial charge is 0.338 e. The summed E-state index contributed by atoms with van der Waals surface area (Å²) >= 11 is 3.46. The number of hydrogen-bond acceptors (Lipinski definition) is 8. The van der Waals surface area contributed by atoms with Gasteiger partial charge in [-0.15, -0.1) is 0 Å². The summed E-state index contributed by atoms with van der Waals surface area (Å²) in [5, 5.41) is 0. The van der Waals surface area contributed by atoms with E-state index in [1.807, 2.05) is 18.2 Å². The van der Waals surface area contributed by atoms with E-state index < -0.39 is 42.4 Å². The quantitative estimate of drug-likeness (QED) is 0.150.